The maximum absolute atomic E-state index is 15.0. The van der Waals surface area contributed by atoms with Crippen molar-refractivity contribution in [1.82, 2.24) is 48.6 Å². The number of amides is 4. The molecule has 0 spiro atoms. The minimum atomic E-state index is -0.729. The highest BCUT2D eigenvalue weighted by Gasteiger charge is 2.32. The van der Waals surface area contributed by atoms with E-state index in [1.165, 1.54) is 32.3 Å². The number of fused-ring (bicyclic) bond motifs is 2. The molecule has 3 N–H and O–H groups in total. The van der Waals surface area contributed by atoms with Gasteiger partial charge in [-0.15, -0.1) is 0 Å². The van der Waals surface area contributed by atoms with Gasteiger partial charge in [-0.25, -0.2) is 28.2 Å². The summed E-state index contributed by atoms with van der Waals surface area (Å²) in [5, 5.41) is 12.8. The van der Waals surface area contributed by atoms with Crippen LogP contribution >= 0.6 is 0 Å². The summed E-state index contributed by atoms with van der Waals surface area (Å²) < 4.78 is 22.8. The number of hydrogen-bond acceptors (Lipinski definition) is 9. The van der Waals surface area contributed by atoms with Crippen LogP contribution in [0.3, 0.4) is 0 Å². The van der Waals surface area contributed by atoms with Crippen molar-refractivity contribution in [2.45, 2.75) is 57.5 Å². The number of aryl methyl sites for hydroxylation is 3. The van der Waals surface area contributed by atoms with Crippen LogP contribution in [0.1, 0.15) is 77.4 Å². The average Bonchev–Trinajstić information content (AvgIpc) is 3.94. The number of carbonyl (C=O) groups excluding carboxylic acids is 4. The predicted molar refractivity (Wildman–Crippen MR) is 242 cm³/mol. The number of imidazole rings is 1. The predicted octanol–water partition coefficient (Wildman–Crippen LogP) is 4.63. The van der Waals surface area contributed by atoms with E-state index in [9.17, 15) is 28.8 Å². The van der Waals surface area contributed by atoms with Crippen molar-refractivity contribution in [3.8, 4) is 16.9 Å². The van der Waals surface area contributed by atoms with Crippen molar-refractivity contribution in [2.24, 2.45) is 14.1 Å². The summed E-state index contributed by atoms with van der Waals surface area (Å²) in [6, 6.07) is 20.4. The smallest absolute Gasteiger partial charge is 0.350 e. The molecule has 1 unspecified atom stereocenters. The molecule has 2 aliphatic rings. The Hall–Kier alpha value is -7.47. The molecule has 0 saturated carbocycles. The third-order valence-electron chi connectivity index (χ3n) is 12.7. The number of benzene rings is 3. The number of imide groups is 1. The molecule has 65 heavy (non-hydrogen) atoms. The van der Waals surface area contributed by atoms with Gasteiger partial charge in [0, 0.05) is 56.6 Å². The number of pyridine rings is 1. The van der Waals surface area contributed by atoms with Gasteiger partial charge < -0.3 is 20.1 Å². The summed E-state index contributed by atoms with van der Waals surface area (Å²) in [7, 11) is 3.28. The molecule has 4 aromatic heterocycles. The fourth-order valence-corrected chi connectivity index (χ4v) is 9.22. The molecule has 0 radical (unpaired) electrons. The van der Waals surface area contributed by atoms with E-state index in [1.54, 1.807) is 24.9 Å². The van der Waals surface area contributed by atoms with E-state index in [-0.39, 0.29) is 53.0 Å². The quantitative estimate of drug-likeness (QED) is 0.116. The Labute approximate surface area is 371 Å². The second kappa shape index (κ2) is 17.6. The molecule has 17 nitrogen and oxygen atoms in total. The molecule has 7 aromatic rings. The number of nitrogens with zero attached hydrogens (tertiary/aromatic N) is 8. The van der Waals surface area contributed by atoms with Crippen LogP contribution in [-0.4, -0.2) is 87.7 Å². The first-order valence-corrected chi connectivity index (χ1v) is 21.8. The van der Waals surface area contributed by atoms with Crippen molar-refractivity contribution in [2.75, 3.05) is 31.5 Å². The van der Waals surface area contributed by atoms with Crippen molar-refractivity contribution < 1.29 is 23.6 Å². The molecule has 2 saturated heterocycles. The average molecular weight is 882 g/mol. The van der Waals surface area contributed by atoms with Crippen molar-refractivity contribution in [3.63, 3.8) is 0 Å². The van der Waals surface area contributed by atoms with Gasteiger partial charge in [-0.3, -0.25) is 33.6 Å². The molecular weight excluding hydrogens is 834 g/mol. The number of hydrogen-bond donors (Lipinski definition) is 3. The zero-order valence-electron chi connectivity index (χ0n) is 36.2. The van der Waals surface area contributed by atoms with Gasteiger partial charge in [0.15, 0.2) is 5.69 Å². The molecule has 334 valence electrons. The molecule has 0 bridgehead atoms. The first-order chi connectivity index (χ1) is 31.4. The molecule has 0 aliphatic carbocycles. The number of anilines is 1. The monoisotopic (exact) mass is 881 g/mol. The lowest BCUT2D eigenvalue weighted by Crippen LogP contribution is -2.44. The first-order valence-electron chi connectivity index (χ1n) is 21.8. The Morgan fingerprint density at radius 2 is 1.66 bits per heavy atom. The number of aromatic nitrogens is 7. The fourth-order valence-electron chi connectivity index (χ4n) is 9.22. The molecule has 1 atom stereocenters. The molecule has 2 fully saturated rings. The number of likely N-dealkylation sites (tertiary alicyclic amines) is 1. The molecule has 6 heterocycles. The summed E-state index contributed by atoms with van der Waals surface area (Å²) in [6.45, 7) is 5.26. The number of nitrogens with one attached hydrogen (secondary N) is 3. The van der Waals surface area contributed by atoms with Gasteiger partial charge >= 0.3 is 11.4 Å². The second-order valence-electron chi connectivity index (χ2n) is 16.6. The van der Waals surface area contributed by atoms with Crippen LogP contribution in [0.5, 0.6) is 0 Å². The Morgan fingerprint density at radius 3 is 2.38 bits per heavy atom. The summed E-state index contributed by atoms with van der Waals surface area (Å²) >= 11 is 0. The van der Waals surface area contributed by atoms with Gasteiger partial charge in [0.2, 0.25) is 11.8 Å². The van der Waals surface area contributed by atoms with E-state index in [0.717, 1.165) is 66.3 Å². The lowest BCUT2D eigenvalue weighted by molar-refractivity contribution is -0.135. The minimum Gasteiger partial charge on any atom is -0.352 e. The van der Waals surface area contributed by atoms with Crippen LogP contribution in [0.4, 0.5) is 10.1 Å². The van der Waals surface area contributed by atoms with Gasteiger partial charge in [0.25, 0.3) is 11.8 Å². The molecule has 3 aromatic carbocycles. The van der Waals surface area contributed by atoms with E-state index >= 15 is 4.39 Å². The van der Waals surface area contributed by atoms with Crippen LogP contribution in [0.25, 0.3) is 38.9 Å². The van der Waals surface area contributed by atoms with Crippen LogP contribution in [-0.2, 0) is 30.2 Å². The van der Waals surface area contributed by atoms with Crippen LogP contribution in [0, 0.1) is 5.82 Å². The number of piperidine rings is 2. The van der Waals surface area contributed by atoms with Gasteiger partial charge in [-0.1, -0.05) is 18.2 Å². The summed E-state index contributed by atoms with van der Waals surface area (Å²) in [6.07, 6.45) is 5.96. The summed E-state index contributed by atoms with van der Waals surface area (Å²) in [5.74, 6) is -2.31. The second-order valence-corrected chi connectivity index (χ2v) is 16.6. The van der Waals surface area contributed by atoms with Gasteiger partial charge in [0.05, 0.1) is 27.8 Å². The molecule has 9 rings (SSSR count). The Balaban J connectivity index is 0.794. The van der Waals surface area contributed by atoms with Gasteiger partial charge in [-0.2, -0.15) is 5.10 Å². The zero-order valence-corrected chi connectivity index (χ0v) is 36.2. The standard InChI is InChI=1S/C47H48FN11O6/c1-4-57-38(29-6-10-33(11-7-29)58-27-51-55(3)47(58)65)25-31-16-20-49-41(42(31)57)45(63)52-32-9-12-35(48)34(26-32)43(61)50-19-5-21-56-22-17-28(18-23-56)30-8-13-36-39(24-30)54(2)46(64)59(36)37-14-15-40(60)53-44(37)62/h6-13,16,20,24-28,37H,4-5,14-15,17-19,21-23H2,1-3H3,(H,50,61)(H,52,63)(H,53,60,62). The Kier molecular flexibility index (Phi) is 11.6. The van der Waals surface area contributed by atoms with E-state index < -0.39 is 29.6 Å². The van der Waals surface area contributed by atoms with Crippen LogP contribution in [0.2, 0.25) is 0 Å². The Bertz CT molecular complexity index is 3130. The fraction of sp³-hybridized carbons (Fsp3) is 0.319. The maximum atomic E-state index is 15.0. The third kappa shape index (κ3) is 8.16. The van der Waals surface area contributed by atoms with Crippen molar-refractivity contribution in [3.05, 3.63) is 129 Å². The van der Waals surface area contributed by atoms with E-state index in [1.807, 2.05) is 66.1 Å². The molecule has 4 amide bonds. The highest BCUT2D eigenvalue weighted by atomic mass is 19.1. The Morgan fingerprint density at radius 1 is 0.877 bits per heavy atom. The molecule has 2 aliphatic heterocycles. The summed E-state index contributed by atoms with van der Waals surface area (Å²) in [4.78, 5) is 83.7. The lowest BCUT2D eigenvalue weighted by Gasteiger charge is -2.32. The highest BCUT2D eigenvalue weighted by molar-refractivity contribution is 6.11. The van der Waals surface area contributed by atoms with Crippen molar-refractivity contribution >= 4 is 51.3 Å². The zero-order chi connectivity index (χ0) is 45.5. The minimum absolute atomic E-state index is 0.170. The normalized spacial score (nSPS) is 16.0. The van der Waals surface area contributed by atoms with E-state index in [0.29, 0.717) is 36.2 Å². The highest BCUT2D eigenvalue weighted by Crippen LogP contribution is 2.33. The van der Waals surface area contributed by atoms with Crippen molar-refractivity contribution in [1.29, 1.82) is 0 Å². The first kappa shape index (κ1) is 42.8. The number of carbonyl (C=O) groups is 4. The van der Waals surface area contributed by atoms with Gasteiger partial charge in [-0.05, 0) is 124 Å². The number of halogens is 1. The van der Waals surface area contributed by atoms with Crippen LogP contribution in [0.15, 0.2) is 94.9 Å². The maximum Gasteiger partial charge on any atom is 0.350 e. The third-order valence-corrected chi connectivity index (χ3v) is 12.7. The van der Waals surface area contributed by atoms with Crippen LogP contribution < -0.4 is 27.3 Å². The van der Waals surface area contributed by atoms with E-state index in [2.05, 4.69) is 30.9 Å². The molecule has 18 heteroatoms. The van der Waals surface area contributed by atoms with E-state index in [4.69, 9.17) is 0 Å². The summed E-state index contributed by atoms with van der Waals surface area (Å²) in [5.41, 5.74) is 5.22. The molecular formula is C47H48FN11O6. The topological polar surface area (TPSA) is 192 Å². The SMILES string of the molecule is CCn1c(-c2ccc(-n3cnn(C)c3=O)cc2)cc2ccnc(C(=O)Nc3ccc(F)c(C(=O)NCCCN4CCC(c5ccc6c(c5)n(C)c(=O)n6C5CCC(=O)NC5=O)CC4)c3)c21. The van der Waals surface area contributed by atoms with Gasteiger partial charge in [0.1, 0.15) is 18.2 Å². The lowest BCUT2D eigenvalue weighted by atomic mass is 9.89. The number of rotatable bonds is 12. The largest absolute Gasteiger partial charge is 0.352 e.